The third-order valence-electron chi connectivity index (χ3n) is 2.36. The third-order valence-corrected chi connectivity index (χ3v) is 4.07. The summed E-state index contributed by atoms with van der Waals surface area (Å²) < 4.78 is 1.26. The molecule has 20 heavy (non-hydrogen) atoms. The van der Waals surface area contributed by atoms with Crippen molar-refractivity contribution < 1.29 is 9.59 Å². The Kier molecular flexibility index (Phi) is 5.64. The first-order valence-corrected chi connectivity index (χ1v) is 8.26. The monoisotopic (exact) mass is 316 g/mol. The van der Waals surface area contributed by atoms with Crippen LogP contribution in [0.3, 0.4) is 0 Å². The number of hydrogen-bond acceptors (Lipinski definition) is 6. The lowest BCUT2D eigenvalue weighted by atomic mass is 9.96. The van der Waals surface area contributed by atoms with Crippen LogP contribution in [0.5, 0.6) is 0 Å². The molecule has 0 saturated heterocycles. The summed E-state index contributed by atoms with van der Waals surface area (Å²) >= 11 is 2.40. The SMILES string of the molecule is CSC(=O)CSc1nc(C(C)(C)C)nn1C(=O)N(C)C. The molecule has 0 aromatic carbocycles. The Morgan fingerprint density at radius 3 is 2.35 bits per heavy atom. The Balaban J connectivity index is 3.09. The van der Waals surface area contributed by atoms with Gasteiger partial charge in [0.25, 0.3) is 0 Å². The maximum Gasteiger partial charge on any atom is 0.346 e. The zero-order valence-corrected chi connectivity index (χ0v) is 14.3. The molecule has 0 atom stereocenters. The van der Waals surface area contributed by atoms with Crippen LogP contribution >= 0.6 is 23.5 Å². The molecule has 8 heteroatoms. The van der Waals surface area contributed by atoms with Crippen LogP contribution < -0.4 is 0 Å². The number of aromatic nitrogens is 3. The lowest BCUT2D eigenvalue weighted by Gasteiger charge is -2.13. The summed E-state index contributed by atoms with van der Waals surface area (Å²) in [7, 11) is 3.31. The molecule has 0 saturated carbocycles. The van der Waals surface area contributed by atoms with Crippen LogP contribution in [0.1, 0.15) is 26.6 Å². The molecule has 1 amide bonds. The van der Waals surface area contributed by atoms with E-state index in [4.69, 9.17) is 0 Å². The molecular weight excluding hydrogens is 296 g/mol. The van der Waals surface area contributed by atoms with Gasteiger partial charge in [0.1, 0.15) is 0 Å². The van der Waals surface area contributed by atoms with E-state index >= 15 is 0 Å². The summed E-state index contributed by atoms with van der Waals surface area (Å²) in [5, 5.41) is 4.78. The highest BCUT2D eigenvalue weighted by Crippen LogP contribution is 2.24. The van der Waals surface area contributed by atoms with E-state index < -0.39 is 0 Å². The summed E-state index contributed by atoms with van der Waals surface area (Å²) in [4.78, 5) is 29.3. The van der Waals surface area contributed by atoms with Gasteiger partial charge in [-0.1, -0.05) is 44.3 Å². The average molecular weight is 316 g/mol. The maximum absolute atomic E-state index is 12.1. The van der Waals surface area contributed by atoms with Crippen molar-refractivity contribution in [2.45, 2.75) is 31.3 Å². The van der Waals surface area contributed by atoms with Gasteiger partial charge in [-0.05, 0) is 6.26 Å². The number of nitrogens with zero attached hydrogens (tertiary/aromatic N) is 4. The lowest BCUT2D eigenvalue weighted by Crippen LogP contribution is -2.29. The van der Waals surface area contributed by atoms with Gasteiger partial charge in [-0.15, -0.1) is 5.10 Å². The molecule has 1 aromatic heterocycles. The molecule has 0 bridgehead atoms. The van der Waals surface area contributed by atoms with Crippen molar-refractivity contribution in [1.82, 2.24) is 19.7 Å². The van der Waals surface area contributed by atoms with E-state index in [2.05, 4.69) is 10.1 Å². The predicted molar refractivity (Wildman–Crippen MR) is 82.4 cm³/mol. The predicted octanol–water partition coefficient (Wildman–Crippen LogP) is 2.09. The van der Waals surface area contributed by atoms with Crippen molar-refractivity contribution in [3.05, 3.63) is 5.82 Å². The smallest absolute Gasteiger partial charge is 0.329 e. The second-order valence-electron chi connectivity index (χ2n) is 5.42. The summed E-state index contributed by atoms with van der Waals surface area (Å²) in [5.41, 5.74) is -0.253. The fourth-order valence-corrected chi connectivity index (χ4v) is 2.49. The highest BCUT2D eigenvalue weighted by Gasteiger charge is 2.25. The van der Waals surface area contributed by atoms with Gasteiger partial charge in [0.05, 0.1) is 5.75 Å². The van der Waals surface area contributed by atoms with E-state index in [0.29, 0.717) is 11.0 Å². The molecular formula is C12H20N4O2S2. The Bertz CT molecular complexity index is 506. The van der Waals surface area contributed by atoms with Gasteiger partial charge in [-0.2, -0.15) is 4.68 Å². The Morgan fingerprint density at radius 1 is 1.30 bits per heavy atom. The first-order valence-electron chi connectivity index (χ1n) is 6.05. The van der Waals surface area contributed by atoms with E-state index in [1.165, 1.54) is 21.3 Å². The van der Waals surface area contributed by atoms with Gasteiger partial charge in [-0.25, -0.2) is 9.78 Å². The molecule has 0 spiro atoms. The van der Waals surface area contributed by atoms with Gasteiger partial charge in [-0.3, -0.25) is 4.79 Å². The number of carbonyl (C=O) groups is 2. The topological polar surface area (TPSA) is 68.1 Å². The molecule has 0 unspecified atom stereocenters. The van der Waals surface area contributed by atoms with Gasteiger partial charge in [0.2, 0.25) is 0 Å². The molecule has 0 aliphatic heterocycles. The van der Waals surface area contributed by atoms with Gasteiger partial charge in [0.15, 0.2) is 16.1 Å². The van der Waals surface area contributed by atoms with Crippen LogP contribution in [0, 0.1) is 0 Å². The lowest BCUT2D eigenvalue weighted by molar-refractivity contribution is -0.108. The number of hydrogen-bond donors (Lipinski definition) is 0. The van der Waals surface area contributed by atoms with E-state index in [9.17, 15) is 9.59 Å². The average Bonchev–Trinajstić information content (AvgIpc) is 2.78. The molecule has 0 aliphatic rings. The molecule has 1 rings (SSSR count). The first-order chi connectivity index (χ1) is 9.16. The first kappa shape index (κ1) is 17.0. The fraction of sp³-hybridized carbons (Fsp3) is 0.667. The zero-order valence-electron chi connectivity index (χ0n) is 12.6. The largest absolute Gasteiger partial charge is 0.346 e. The number of carbonyl (C=O) groups excluding carboxylic acids is 2. The standard InChI is InChI=1S/C12H20N4O2S2/c1-12(2,3)9-13-10(20-7-8(17)19-6)16(14-9)11(18)15(4)5/h7H2,1-6H3. The van der Waals surface area contributed by atoms with Crippen LogP contribution in [0.2, 0.25) is 0 Å². The van der Waals surface area contributed by atoms with Crippen LogP contribution in [0.4, 0.5) is 4.79 Å². The summed E-state index contributed by atoms with van der Waals surface area (Å²) in [6.45, 7) is 5.94. The van der Waals surface area contributed by atoms with Crippen molar-refractivity contribution in [3.63, 3.8) is 0 Å². The van der Waals surface area contributed by atoms with Crippen molar-refractivity contribution in [3.8, 4) is 0 Å². The minimum absolute atomic E-state index is 0.0409. The molecule has 0 N–H and O–H groups in total. The van der Waals surface area contributed by atoms with Gasteiger partial charge >= 0.3 is 6.03 Å². The molecule has 0 fully saturated rings. The Labute approximate surface area is 127 Å². The van der Waals surface area contributed by atoms with Crippen molar-refractivity contribution in [2.24, 2.45) is 0 Å². The van der Waals surface area contributed by atoms with E-state index in [1.807, 2.05) is 20.8 Å². The number of thioether (sulfide) groups is 2. The van der Waals surface area contributed by atoms with Gasteiger partial charge in [0, 0.05) is 19.5 Å². The van der Waals surface area contributed by atoms with Crippen molar-refractivity contribution in [2.75, 3.05) is 26.1 Å². The van der Waals surface area contributed by atoms with Crippen LogP contribution in [0.15, 0.2) is 5.16 Å². The quantitative estimate of drug-likeness (QED) is 0.795. The molecule has 1 heterocycles. The van der Waals surface area contributed by atoms with Crippen LogP contribution in [0.25, 0.3) is 0 Å². The Hall–Kier alpha value is -1.02. The zero-order chi connectivity index (χ0) is 15.5. The van der Waals surface area contributed by atoms with E-state index in [1.54, 1.807) is 20.4 Å². The van der Waals surface area contributed by atoms with Crippen molar-refractivity contribution in [1.29, 1.82) is 0 Å². The second-order valence-corrected chi connectivity index (χ2v) is 7.23. The van der Waals surface area contributed by atoms with Gasteiger partial charge < -0.3 is 4.90 Å². The normalized spacial score (nSPS) is 11.5. The molecule has 0 aliphatic carbocycles. The minimum atomic E-state index is -0.271. The number of amides is 1. The maximum atomic E-state index is 12.1. The second kappa shape index (κ2) is 6.62. The third kappa shape index (κ3) is 4.24. The fourth-order valence-electron chi connectivity index (χ4n) is 1.21. The summed E-state index contributed by atoms with van der Waals surface area (Å²) in [6, 6.07) is -0.271. The van der Waals surface area contributed by atoms with Crippen LogP contribution in [-0.2, 0) is 10.2 Å². The molecule has 1 aromatic rings. The molecule has 0 radical (unpaired) electrons. The highest BCUT2D eigenvalue weighted by atomic mass is 32.2. The Morgan fingerprint density at radius 2 is 1.90 bits per heavy atom. The molecule has 6 nitrogen and oxygen atoms in total. The minimum Gasteiger partial charge on any atom is -0.329 e. The van der Waals surface area contributed by atoms with Crippen molar-refractivity contribution >= 4 is 34.7 Å². The number of rotatable bonds is 3. The highest BCUT2D eigenvalue weighted by molar-refractivity contribution is 8.15. The summed E-state index contributed by atoms with van der Waals surface area (Å²) in [6.07, 6.45) is 1.74. The van der Waals surface area contributed by atoms with E-state index in [0.717, 1.165) is 11.8 Å². The summed E-state index contributed by atoms with van der Waals surface area (Å²) in [5.74, 6) is 0.858. The van der Waals surface area contributed by atoms with Crippen LogP contribution in [-0.4, -0.2) is 56.9 Å². The van der Waals surface area contributed by atoms with E-state index in [-0.39, 0.29) is 22.3 Å². The molecule has 112 valence electrons.